The molecule has 3 aromatic rings. The van der Waals surface area contributed by atoms with E-state index in [1.807, 2.05) is 18.5 Å². The van der Waals surface area contributed by atoms with Crippen LogP contribution in [0.15, 0.2) is 36.0 Å². The fraction of sp³-hybridized carbons (Fsp3) is 0.294. The van der Waals surface area contributed by atoms with Crippen LogP contribution in [0.4, 0.5) is 5.82 Å². The maximum atomic E-state index is 5.87. The minimum Gasteiger partial charge on any atom is -0.492 e. The zero-order valence-electron chi connectivity index (χ0n) is 13.0. The lowest BCUT2D eigenvalue weighted by atomic mass is 10.1. The van der Waals surface area contributed by atoms with E-state index in [2.05, 4.69) is 46.9 Å². The summed E-state index contributed by atoms with van der Waals surface area (Å²) in [6.07, 6.45) is 1.62. The molecule has 0 spiro atoms. The van der Waals surface area contributed by atoms with Crippen molar-refractivity contribution >= 4 is 27.4 Å². The average Bonchev–Trinajstić information content (AvgIpc) is 2.94. The third kappa shape index (κ3) is 3.20. The average molecular weight is 313 g/mol. The van der Waals surface area contributed by atoms with Crippen molar-refractivity contribution in [2.24, 2.45) is 0 Å². The van der Waals surface area contributed by atoms with Crippen molar-refractivity contribution in [2.45, 2.75) is 13.8 Å². The van der Waals surface area contributed by atoms with Gasteiger partial charge in [0.25, 0.3) is 0 Å². The molecule has 0 saturated heterocycles. The molecule has 0 amide bonds. The summed E-state index contributed by atoms with van der Waals surface area (Å²) in [5.74, 6) is 1.89. The van der Waals surface area contributed by atoms with Crippen LogP contribution in [-0.2, 0) is 0 Å². The summed E-state index contributed by atoms with van der Waals surface area (Å²) in [5.41, 5.74) is 3.44. The fourth-order valence-electron chi connectivity index (χ4n) is 2.47. The highest BCUT2D eigenvalue weighted by atomic mass is 32.1. The van der Waals surface area contributed by atoms with E-state index in [0.29, 0.717) is 6.61 Å². The predicted octanol–water partition coefficient (Wildman–Crippen LogP) is 3.82. The number of hydrogen-bond acceptors (Lipinski definition) is 5. The van der Waals surface area contributed by atoms with Crippen LogP contribution in [-0.4, -0.2) is 30.2 Å². The van der Waals surface area contributed by atoms with Gasteiger partial charge in [-0.15, -0.1) is 11.3 Å². The van der Waals surface area contributed by atoms with E-state index in [9.17, 15) is 0 Å². The first-order chi connectivity index (χ1) is 10.6. The van der Waals surface area contributed by atoms with Gasteiger partial charge in [-0.1, -0.05) is 6.07 Å². The van der Waals surface area contributed by atoms with Gasteiger partial charge in [-0.2, -0.15) is 0 Å². The van der Waals surface area contributed by atoms with Crippen LogP contribution in [0.2, 0.25) is 0 Å². The molecule has 0 bridgehead atoms. The molecule has 0 saturated carbocycles. The summed E-state index contributed by atoms with van der Waals surface area (Å²) in [7, 11) is 2.03. The number of ether oxygens (including phenoxy) is 1. The van der Waals surface area contributed by atoms with Crippen LogP contribution in [0.3, 0.4) is 0 Å². The molecule has 0 aliphatic heterocycles. The number of aromatic nitrogens is 2. The van der Waals surface area contributed by atoms with Crippen molar-refractivity contribution < 1.29 is 4.74 Å². The molecule has 2 heterocycles. The van der Waals surface area contributed by atoms with Gasteiger partial charge in [0, 0.05) is 7.05 Å². The Balaban J connectivity index is 1.65. The van der Waals surface area contributed by atoms with Crippen molar-refractivity contribution in [3.05, 3.63) is 47.1 Å². The van der Waals surface area contributed by atoms with Crippen molar-refractivity contribution in [2.75, 3.05) is 25.1 Å². The molecular formula is C17H19N3OS. The second-order valence-corrected chi connectivity index (χ2v) is 6.34. The molecule has 0 atom stereocenters. The van der Waals surface area contributed by atoms with Gasteiger partial charge in [-0.3, -0.25) is 0 Å². The normalized spacial score (nSPS) is 10.9. The number of anilines is 1. The highest BCUT2D eigenvalue weighted by molar-refractivity contribution is 7.17. The largest absolute Gasteiger partial charge is 0.492 e. The predicted molar refractivity (Wildman–Crippen MR) is 92.1 cm³/mol. The summed E-state index contributed by atoms with van der Waals surface area (Å²) in [6, 6.07) is 8.29. The van der Waals surface area contributed by atoms with Gasteiger partial charge in [0.05, 0.1) is 16.8 Å². The second-order valence-electron chi connectivity index (χ2n) is 5.43. The standard InChI is InChI=1S/C17H19N3OS/c1-12-8-13(2)10-14(9-12)21-6-5-20(3)17-16-15(4-7-22-16)18-11-19-17/h4,7-11H,5-6H2,1-3H3. The van der Waals surface area contributed by atoms with Crippen LogP contribution < -0.4 is 9.64 Å². The molecule has 0 aliphatic carbocycles. The van der Waals surface area contributed by atoms with Crippen molar-refractivity contribution in [1.29, 1.82) is 0 Å². The van der Waals surface area contributed by atoms with Crippen molar-refractivity contribution in [3.63, 3.8) is 0 Å². The first-order valence-electron chi connectivity index (χ1n) is 7.24. The number of nitrogens with zero attached hydrogens (tertiary/aromatic N) is 3. The molecule has 114 valence electrons. The van der Waals surface area contributed by atoms with Crippen LogP contribution in [0.1, 0.15) is 11.1 Å². The molecule has 0 radical (unpaired) electrons. The maximum Gasteiger partial charge on any atom is 0.149 e. The van der Waals surface area contributed by atoms with Crippen LogP contribution in [0.25, 0.3) is 10.2 Å². The summed E-state index contributed by atoms with van der Waals surface area (Å²) in [4.78, 5) is 10.8. The lowest BCUT2D eigenvalue weighted by Crippen LogP contribution is -2.24. The molecule has 3 rings (SSSR count). The van der Waals surface area contributed by atoms with E-state index in [4.69, 9.17) is 4.74 Å². The monoisotopic (exact) mass is 313 g/mol. The summed E-state index contributed by atoms with van der Waals surface area (Å²) < 4.78 is 6.99. The van der Waals surface area contributed by atoms with Gasteiger partial charge in [0.2, 0.25) is 0 Å². The SMILES string of the molecule is Cc1cc(C)cc(OCCN(C)c2ncnc3ccsc23)c1. The summed E-state index contributed by atoms with van der Waals surface area (Å²) >= 11 is 1.67. The highest BCUT2D eigenvalue weighted by Gasteiger charge is 2.09. The third-order valence-corrected chi connectivity index (χ3v) is 4.38. The Labute approximate surface area is 134 Å². The molecule has 2 aromatic heterocycles. The first-order valence-corrected chi connectivity index (χ1v) is 8.12. The zero-order chi connectivity index (χ0) is 15.5. The Morgan fingerprint density at radius 3 is 2.68 bits per heavy atom. The van der Waals surface area contributed by atoms with E-state index in [-0.39, 0.29) is 0 Å². The van der Waals surface area contributed by atoms with Crippen molar-refractivity contribution in [1.82, 2.24) is 9.97 Å². The Morgan fingerprint density at radius 2 is 1.91 bits per heavy atom. The van der Waals surface area contributed by atoms with Gasteiger partial charge in [0.15, 0.2) is 0 Å². The number of hydrogen-bond donors (Lipinski definition) is 0. The van der Waals surface area contributed by atoms with Crippen LogP contribution in [0.5, 0.6) is 5.75 Å². The fourth-order valence-corrected chi connectivity index (χ4v) is 3.36. The lowest BCUT2D eigenvalue weighted by molar-refractivity contribution is 0.325. The van der Waals surface area contributed by atoms with E-state index >= 15 is 0 Å². The number of fused-ring (bicyclic) bond motifs is 1. The number of aryl methyl sites for hydroxylation is 2. The van der Waals surface area contributed by atoms with Gasteiger partial charge in [-0.05, 0) is 48.6 Å². The molecule has 22 heavy (non-hydrogen) atoms. The molecule has 1 aromatic carbocycles. The second kappa shape index (κ2) is 6.32. The van der Waals surface area contributed by atoms with Gasteiger partial charge < -0.3 is 9.64 Å². The van der Waals surface area contributed by atoms with Crippen LogP contribution >= 0.6 is 11.3 Å². The maximum absolute atomic E-state index is 5.87. The topological polar surface area (TPSA) is 38.2 Å². The number of thiophene rings is 1. The van der Waals surface area contributed by atoms with Crippen molar-refractivity contribution in [3.8, 4) is 5.75 Å². The summed E-state index contributed by atoms with van der Waals surface area (Å²) in [5, 5.41) is 2.04. The minimum atomic E-state index is 0.621. The van der Waals surface area contributed by atoms with E-state index < -0.39 is 0 Å². The highest BCUT2D eigenvalue weighted by Crippen LogP contribution is 2.27. The first kappa shape index (κ1) is 14.8. The number of rotatable bonds is 5. The van der Waals surface area contributed by atoms with Gasteiger partial charge >= 0.3 is 0 Å². The van der Waals surface area contributed by atoms with Gasteiger partial charge in [0.1, 0.15) is 24.5 Å². The molecule has 4 nitrogen and oxygen atoms in total. The lowest BCUT2D eigenvalue weighted by Gasteiger charge is -2.19. The quantitative estimate of drug-likeness (QED) is 0.717. The Morgan fingerprint density at radius 1 is 1.14 bits per heavy atom. The molecular weight excluding hydrogens is 294 g/mol. The van der Waals surface area contributed by atoms with Crippen LogP contribution in [0, 0.1) is 13.8 Å². The van der Waals surface area contributed by atoms with Gasteiger partial charge in [-0.25, -0.2) is 9.97 Å². The van der Waals surface area contributed by atoms with E-state index in [1.54, 1.807) is 17.7 Å². The molecule has 0 aliphatic rings. The van der Waals surface area contributed by atoms with E-state index in [1.165, 1.54) is 11.1 Å². The Hall–Kier alpha value is -2.14. The minimum absolute atomic E-state index is 0.621. The molecule has 0 N–H and O–H groups in total. The summed E-state index contributed by atoms with van der Waals surface area (Å²) in [6.45, 7) is 5.56. The molecule has 0 fully saturated rings. The smallest absolute Gasteiger partial charge is 0.149 e. The number of benzene rings is 1. The number of likely N-dealkylation sites (N-methyl/N-ethyl adjacent to an activating group) is 1. The molecule has 0 unspecified atom stereocenters. The molecule has 5 heteroatoms. The Bertz CT molecular complexity index is 764. The van der Waals surface area contributed by atoms with E-state index in [0.717, 1.165) is 28.3 Å². The zero-order valence-corrected chi connectivity index (χ0v) is 13.9. The third-order valence-electron chi connectivity index (χ3n) is 3.48. The Kier molecular flexibility index (Phi) is 4.24.